The molecular weight excluding hydrogens is 514 g/mol. The largest absolute Gasteiger partial charge is 0.332 e. The van der Waals surface area contributed by atoms with Crippen LogP contribution in [0.3, 0.4) is 0 Å². The second-order valence-corrected chi connectivity index (χ2v) is 10.2. The quantitative estimate of drug-likeness (QED) is 0.164. The molecule has 0 fully saturated rings. The molecule has 0 atom stereocenters. The molecule has 2 heterocycles. The molecule has 0 unspecified atom stereocenters. The lowest BCUT2D eigenvalue weighted by Gasteiger charge is -2.12. The van der Waals surface area contributed by atoms with Crippen molar-refractivity contribution in [1.29, 1.82) is 0 Å². The Morgan fingerprint density at radius 1 is 1.00 bits per heavy atom. The monoisotopic (exact) mass is 539 g/mol. The van der Waals surface area contributed by atoms with E-state index in [1.54, 1.807) is 18.3 Å². The first kappa shape index (κ1) is 25.4. The predicted octanol–water partition coefficient (Wildman–Crippen LogP) is 7.69. The second-order valence-electron chi connectivity index (χ2n) is 8.89. The van der Waals surface area contributed by atoms with Crippen LogP contribution in [0.2, 0.25) is 5.02 Å². The van der Waals surface area contributed by atoms with Gasteiger partial charge in [-0.15, -0.1) is 11.3 Å². The number of aromatic nitrogens is 2. The number of rotatable bonds is 7. The zero-order chi connectivity index (χ0) is 26.6. The molecule has 5 rings (SSSR count). The van der Waals surface area contributed by atoms with E-state index in [1.807, 2.05) is 53.9 Å². The highest BCUT2D eigenvalue weighted by Gasteiger charge is 2.12. The van der Waals surface area contributed by atoms with E-state index in [-0.39, 0.29) is 5.91 Å². The maximum atomic E-state index is 12.7. The smallest absolute Gasteiger partial charge is 0.271 e. The van der Waals surface area contributed by atoms with Gasteiger partial charge in [-0.05, 0) is 74.9 Å². The number of hydrazone groups is 1. The number of anilines is 2. The van der Waals surface area contributed by atoms with Crippen molar-refractivity contribution in [2.45, 2.75) is 20.8 Å². The molecule has 0 saturated heterocycles. The third-order valence-electron chi connectivity index (χ3n) is 6.24. The van der Waals surface area contributed by atoms with Crippen molar-refractivity contribution >= 4 is 45.9 Å². The summed E-state index contributed by atoms with van der Waals surface area (Å²) in [7, 11) is 0. The standard InChI is InChI=1S/C30H26ClN5OS/c1-19-6-4-5-7-28(19)36-20(2)16-24(21(36)3)17-32-35-29(37)23-10-8-22(9-11-23)27-18-38-30(34-27)33-26-14-12-25(31)13-15-26/h4-18H,1-3H3,(H,33,34)(H,35,37)/b32-17-. The molecule has 190 valence electrons. The van der Waals surface area contributed by atoms with E-state index in [1.165, 1.54) is 16.9 Å². The number of nitrogens with zero attached hydrogens (tertiary/aromatic N) is 3. The minimum absolute atomic E-state index is 0.274. The van der Waals surface area contributed by atoms with Gasteiger partial charge in [0.25, 0.3) is 5.91 Å². The first-order valence-electron chi connectivity index (χ1n) is 12.1. The Balaban J connectivity index is 1.23. The topological polar surface area (TPSA) is 71.3 Å². The van der Waals surface area contributed by atoms with Crippen LogP contribution in [0.1, 0.15) is 32.9 Å². The minimum atomic E-state index is -0.274. The van der Waals surface area contributed by atoms with Gasteiger partial charge < -0.3 is 9.88 Å². The van der Waals surface area contributed by atoms with Crippen LogP contribution in [0.15, 0.2) is 89.3 Å². The summed E-state index contributed by atoms with van der Waals surface area (Å²) in [6.45, 7) is 6.21. The summed E-state index contributed by atoms with van der Waals surface area (Å²) in [5.41, 5.74) is 11.3. The maximum absolute atomic E-state index is 12.7. The highest BCUT2D eigenvalue weighted by atomic mass is 35.5. The van der Waals surface area contributed by atoms with E-state index in [4.69, 9.17) is 11.6 Å². The highest BCUT2D eigenvalue weighted by molar-refractivity contribution is 7.14. The van der Waals surface area contributed by atoms with E-state index < -0.39 is 0 Å². The van der Waals surface area contributed by atoms with Crippen molar-refractivity contribution in [3.05, 3.63) is 117 Å². The molecule has 0 aliphatic rings. The van der Waals surface area contributed by atoms with Gasteiger partial charge in [-0.25, -0.2) is 10.4 Å². The van der Waals surface area contributed by atoms with Crippen LogP contribution >= 0.6 is 22.9 Å². The van der Waals surface area contributed by atoms with E-state index >= 15 is 0 Å². The molecule has 2 aromatic heterocycles. The van der Waals surface area contributed by atoms with Gasteiger partial charge in [0.1, 0.15) is 0 Å². The van der Waals surface area contributed by atoms with Gasteiger partial charge in [0.15, 0.2) is 5.13 Å². The first-order valence-corrected chi connectivity index (χ1v) is 13.3. The molecule has 2 N–H and O–H groups in total. The number of aryl methyl sites for hydroxylation is 2. The Hall–Kier alpha value is -4.20. The Labute approximate surface area is 230 Å². The number of para-hydroxylation sites is 1. The Kier molecular flexibility index (Phi) is 7.40. The summed E-state index contributed by atoms with van der Waals surface area (Å²) < 4.78 is 2.20. The number of carbonyl (C=O) groups excluding carboxylic acids is 1. The van der Waals surface area contributed by atoms with Crippen molar-refractivity contribution in [3.8, 4) is 16.9 Å². The molecule has 8 heteroatoms. The van der Waals surface area contributed by atoms with Gasteiger partial charge in [-0.2, -0.15) is 5.10 Å². The van der Waals surface area contributed by atoms with Gasteiger partial charge in [0.05, 0.1) is 11.9 Å². The van der Waals surface area contributed by atoms with Gasteiger partial charge in [-0.1, -0.05) is 41.9 Å². The van der Waals surface area contributed by atoms with Gasteiger partial charge in [0.2, 0.25) is 0 Å². The fourth-order valence-corrected chi connectivity index (χ4v) is 5.11. The van der Waals surface area contributed by atoms with E-state index in [2.05, 4.69) is 64.4 Å². The van der Waals surface area contributed by atoms with E-state index in [0.29, 0.717) is 10.6 Å². The molecular formula is C30H26ClN5OS. The lowest BCUT2D eigenvalue weighted by molar-refractivity contribution is 0.0955. The predicted molar refractivity (Wildman–Crippen MR) is 157 cm³/mol. The molecule has 6 nitrogen and oxygen atoms in total. The molecule has 0 aliphatic heterocycles. The summed E-state index contributed by atoms with van der Waals surface area (Å²) in [6, 6.07) is 25.1. The van der Waals surface area contributed by atoms with Crippen molar-refractivity contribution in [1.82, 2.24) is 15.0 Å². The normalized spacial score (nSPS) is 11.2. The molecule has 0 saturated carbocycles. The summed E-state index contributed by atoms with van der Waals surface area (Å²) in [5, 5.41) is 10.9. The molecule has 0 aliphatic carbocycles. The molecule has 0 spiro atoms. The fourth-order valence-electron chi connectivity index (χ4n) is 4.24. The average molecular weight is 540 g/mol. The zero-order valence-electron chi connectivity index (χ0n) is 21.2. The average Bonchev–Trinajstić information content (AvgIpc) is 3.49. The second kappa shape index (κ2) is 11.0. The SMILES string of the molecule is Cc1ccccc1-n1c(C)cc(/C=N\NC(=O)c2ccc(-c3csc(Nc4ccc(Cl)cc4)n3)cc2)c1C. The number of hydrogen-bond acceptors (Lipinski definition) is 5. The first-order chi connectivity index (χ1) is 18.4. The molecule has 0 radical (unpaired) electrons. The van der Waals surface area contributed by atoms with Crippen molar-refractivity contribution in [2.24, 2.45) is 5.10 Å². The molecule has 0 bridgehead atoms. The maximum Gasteiger partial charge on any atom is 0.271 e. The summed E-state index contributed by atoms with van der Waals surface area (Å²) in [4.78, 5) is 17.3. The van der Waals surface area contributed by atoms with Crippen molar-refractivity contribution in [2.75, 3.05) is 5.32 Å². The van der Waals surface area contributed by atoms with Crippen LogP contribution in [-0.4, -0.2) is 21.7 Å². The van der Waals surface area contributed by atoms with Crippen LogP contribution in [0, 0.1) is 20.8 Å². The molecule has 5 aromatic rings. The summed E-state index contributed by atoms with van der Waals surface area (Å²) in [6.07, 6.45) is 1.69. The van der Waals surface area contributed by atoms with Crippen LogP contribution in [0.25, 0.3) is 16.9 Å². The minimum Gasteiger partial charge on any atom is -0.332 e. The number of benzene rings is 3. The Morgan fingerprint density at radius 3 is 2.47 bits per heavy atom. The van der Waals surface area contributed by atoms with E-state index in [0.717, 1.165) is 44.7 Å². The summed E-state index contributed by atoms with van der Waals surface area (Å²) >= 11 is 7.46. The Bertz CT molecular complexity index is 1620. The third-order valence-corrected chi connectivity index (χ3v) is 7.25. The highest BCUT2D eigenvalue weighted by Crippen LogP contribution is 2.28. The van der Waals surface area contributed by atoms with Crippen LogP contribution < -0.4 is 10.7 Å². The third kappa shape index (κ3) is 5.54. The van der Waals surface area contributed by atoms with E-state index in [9.17, 15) is 4.79 Å². The van der Waals surface area contributed by atoms with Gasteiger partial charge >= 0.3 is 0 Å². The number of nitrogens with one attached hydrogen (secondary N) is 2. The lowest BCUT2D eigenvalue weighted by Crippen LogP contribution is -2.17. The van der Waals surface area contributed by atoms with Gasteiger partial charge in [-0.3, -0.25) is 4.79 Å². The fraction of sp³-hybridized carbons (Fsp3) is 0.100. The Morgan fingerprint density at radius 2 is 1.74 bits per heavy atom. The number of hydrogen-bond donors (Lipinski definition) is 2. The molecule has 1 amide bonds. The summed E-state index contributed by atoms with van der Waals surface area (Å²) in [5.74, 6) is -0.274. The lowest BCUT2D eigenvalue weighted by atomic mass is 10.1. The number of halogens is 1. The number of thiazole rings is 1. The van der Waals surface area contributed by atoms with Crippen LogP contribution in [0.4, 0.5) is 10.8 Å². The van der Waals surface area contributed by atoms with Crippen LogP contribution in [-0.2, 0) is 0 Å². The van der Waals surface area contributed by atoms with Gasteiger partial charge in [0, 0.05) is 49.9 Å². The van der Waals surface area contributed by atoms with Crippen molar-refractivity contribution < 1.29 is 4.79 Å². The number of carbonyl (C=O) groups is 1. The molecule has 38 heavy (non-hydrogen) atoms. The van der Waals surface area contributed by atoms with Crippen molar-refractivity contribution in [3.63, 3.8) is 0 Å². The number of amides is 1. The molecule has 3 aromatic carbocycles. The van der Waals surface area contributed by atoms with Crippen LogP contribution in [0.5, 0.6) is 0 Å². The zero-order valence-corrected chi connectivity index (χ0v) is 22.8.